The van der Waals surface area contributed by atoms with E-state index in [0.29, 0.717) is 16.7 Å². The number of halogens is 1. The van der Waals surface area contributed by atoms with Crippen LogP contribution >= 0.6 is 23.1 Å². The highest BCUT2D eigenvalue weighted by molar-refractivity contribution is 8.00. The number of fused-ring (bicyclic) bond motifs is 1. The van der Waals surface area contributed by atoms with Crippen molar-refractivity contribution >= 4 is 50.7 Å². The molecule has 23 heavy (non-hydrogen) atoms. The third-order valence-electron chi connectivity index (χ3n) is 3.10. The van der Waals surface area contributed by atoms with Crippen molar-refractivity contribution in [3.05, 3.63) is 41.5 Å². The fourth-order valence-corrected chi connectivity index (χ4v) is 3.51. The van der Waals surface area contributed by atoms with Crippen LogP contribution in [0.15, 0.2) is 40.9 Å². The first-order valence-electron chi connectivity index (χ1n) is 6.77. The Morgan fingerprint density at radius 3 is 2.78 bits per heavy atom. The Balaban J connectivity index is 1.70. The predicted octanol–water partition coefficient (Wildman–Crippen LogP) is 3.53. The molecule has 0 bridgehead atoms. The van der Waals surface area contributed by atoms with E-state index in [1.54, 1.807) is 6.92 Å². The van der Waals surface area contributed by atoms with Gasteiger partial charge in [0.05, 0.1) is 10.6 Å². The Bertz CT molecular complexity index is 850. The molecule has 1 aromatic carbocycles. The summed E-state index contributed by atoms with van der Waals surface area (Å²) in [5.41, 5.74) is 6.44. The van der Waals surface area contributed by atoms with Gasteiger partial charge in [0.1, 0.15) is 16.5 Å². The molecule has 0 aliphatic carbocycles. The molecule has 5 nitrogen and oxygen atoms in total. The van der Waals surface area contributed by atoms with E-state index in [4.69, 9.17) is 5.73 Å². The number of carbonyl (C=O) groups is 1. The van der Waals surface area contributed by atoms with E-state index in [9.17, 15) is 9.18 Å². The number of nitrogens with two attached hydrogens (primary N) is 1. The van der Waals surface area contributed by atoms with Gasteiger partial charge in [0.2, 0.25) is 5.91 Å². The van der Waals surface area contributed by atoms with Gasteiger partial charge in [-0.15, -0.1) is 11.3 Å². The zero-order chi connectivity index (χ0) is 16.4. The van der Waals surface area contributed by atoms with Crippen LogP contribution in [-0.4, -0.2) is 21.1 Å². The lowest BCUT2D eigenvalue weighted by Gasteiger charge is -2.11. The number of aromatic nitrogens is 2. The number of thioether (sulfide) groups is 1. The zero-order valence-corrected chi connectivity index (χ0v) is 13.7. The molecule has 0 spiro atoms. The lowest BCUT2D eigenvalue weighted by atomic mass is 10.3. The molecule has 1 atom stereocenters. The van der Waals surface area contributed by atoms with Crippen LogP contribution in [0, 0.1) is 5.82 Å². The molecule has 0 saturated carbocycles. The van der Waals surface area contributed by atoms with Gasteiger partial charge in [-0.1, -0.05) is 11.8 Å². The number of rotatable bonds is 4. The molecule has 0 aliphatic rings. The third-order valence-corrected chi connectivity index (χ3v) is 4.86. The van der Waals surface area contributed by atoms with Crippen LogP contribution in [0.1, 0.15) is 6.92 Å². The van der Waals surface area contributed by atoms with Crippen LogP contribution in [0.25, 0.3) is 10.2 Å². The SMILES string of the molecule is CC(Sc1nc(N)c2ccsc2n1)C(=O)Nc1ccc(F)cc1. The molecular formula is C15H13FN4OS2. The molecule has 2 aromatic heterocycles. The van der Waals surface area contributed by atoms with Crippen LogP contribution in [0.2, 0.25) is 0 Å². The topological polar surface area (TPSA) is 80.9 Å². The summed E-state index contributed by atoms with van der Waals surface area (Å²) in [6.45, 7) is 1.75. The van der Waals surface area contributed by atoms with Gasteiger partial charge in [-0.25, -0.2) is 14.4 Å². The minimum atomic E-state index is -0.420. The van der Waals surface area contributed by atoms with Crippen molar-refractivity contribution in [3.8, 4) is 0 Å². The lowest BCUT2D eigenvalue weighted by Crippen LogP contribution is -2.22. The number of anilines is 2. The summed E-state index contributed by atoms with van der Waals surface area (Å²) in [5.74, 6) is -0.154. The first-order valence-corrected chi connectivity index (χ1v) is 8.52. The van der Waals surface area contributed by atoms with Crippen LogP contribution in [0.5, 0.6) is 0 Å². The molecule has 1 unspecified atom stereocenters. The summed E-state index contributed by atoms with van der Waals surface area (Å²) in [6.07, 6.45) is 0. The van der Waals surface area contributed by atoms with Gasteiger partial charge in [-0.3, -0.25) is 4.79 Å². The van der Waals surface area contributed by atoms with Gasteiger partial charge in [0.15, 0.2) is 5.16 Å². The average Bonchev–Trinajstić information content (AvgIpc) is 2.98. The van der Waals surface area contributed by atoms with Gasteiger partial charge in [-0.2, -0.15) is 0 Å². The van der Waals surface area contributed by atoms with Crippen LogP contribution in [0.3, 0.4) is 0 Å². The molecule has 0 radical (unpaired) electrons. The molecule has 3 rings (SSSR count). The minimum Gasteiger partial charge on any atom is -0.383 e. The Morgan fingerprint density at radius 1 is 1.30 bits per heavy atom. The number of nitrogen functional groups attached to an aromatic ring is 1. The second-order valence-corrected chi connectivity index (χ2v) is 6.99. The van der Waals surface area contributed by atoms with Gasteiger partial charge in [0.25, 0.3) is 0 Å². The maximum atomic E-state index is 12.9. The second kappa shape index (κ2) is 6.51. The third kappa shape index (κ3) is 3.59. The zero-order valence-electron chi connectivity index (χ0n) is 12.1. The highest BCUT2D eigenvalue weighted by Gasteiger charge is 2.17. The number of hydrogen-bond acceptors (Lipinski definition) is 6. The first kappa shape index (κ1) is 15.7. The number of carbonyl (C=O) groups excluding carboxylic acids is 1. The summed E-state index contributed by atoms with van der Waals surface area (Å²) in [6, 6.07) is 7.48. The Morgan fingerprint density at radius 2 is 2.04 bits per heavy atom. The number of benzene rings is 1. The van der Waals surface area contributed by atoms with Crippen LogP contribution in [-0.2, 0) is 4.79 Å². The quantitative estimate of drug-likeness (QED) is 0.557. The minimum absolute atomic E-state index is 0.213. The maximum absolute atomic E-state index is 12.9. The lowest BCUT2D eigenvalue weighted by molar-refractivity contribution is -0.115. The van der Waals surface area contributed by atoms with Gasteiger partial charge in [0, 0.05) is 5.69 Å². The van der Waals surface area contributed by atoms with E-state index in [0.717, 1.165) is 10.2 Å². The predicted molar refractivity (Wildman–Crippen MR) is 92.2 cm³/mol. The highest BCUT2D eigenvalue weighted by Crippen LogP contribution is 2.28. The molecule has 0 saturated heterocycles. The molecule has 0 aliphatic heterocycles. The summed E-state index contributed by atoms with van der Waals surface area (Å²) in [7, 11) is 0. The first-order chi connectivity index (χ1) is 11.0. The summed E-state index contributed by atoms with van der Waals surface area (Å²) in [5, 5.41) is 5.48. The number of nitrogens with one attached hydrogen (secondary N) is 1. The monoisotopic (exact) mass is 348 g/mol. The van der Waals surface area contributed by atoms with Crippen LogP contribution in [0.4, 0.5) is 15.9 Å². The summed E-state index contributed by atoms with van der Waals surface area (Å²) in [4.78, 5) is 21.6. The van der Waals surface area contributed by atoms with Crippen molar-refractivity contribution < 1.29 is 9.18 Å². The maximum Gasteiger partial charge on any atom is 0.237 e. The molecule has 3 aromatic rings. The standard InChI is InChI=1S/C15H13FN4OS2/c1-8(13(21)18-10-4-2-9(16)3-5-10)23-15-19-12(17)11-6-7-22-14(11)20-15/h2-8H,1H3,(H,18,21)(H2,17,19,20). The molecule has 8 heteroatoms. The van der Waals surface area contributed by atoms with E-state index in [-0.39, 0.29) is 11.7 Å². The van der Waals surface area contributed by atoms with E-state index in [1.165, 1.54) is 47.4 Å². The van der Waals surface area contributed by atoms with Crippen molar-refractivity contribution in [1.29, 1.82) is 0 Å². The van der Waals surface area contributed by atoms with Crippen molar-refractivity contribution in [3.63, 3.8) is 0 Å². The summed E-state index contributed by atoms with van der Waals surface area (Å²) >= 11 is 2.70. The Kier molecular flexibility index (Phi) is 4.44. The fourth-order valence-electron chi connectivity index (χ4n) is 1.90. The average molecular weight is 348 g/mol. The molecule has 118 valence electrons. The molecule has 2 heterocycles. The van der Waals surface area contributed by atoms with Gasteiger partial charge < -0.3 is 11.1 Å². The van der Waals surface area contributed by atoms with Crippen molar-refractivity contribution in [2.45, 2.75) is 17.3 Å². The molecule has 3 N–H and O–H groups in total. The Hall–Kier alpha value is -2.19. The highest BCUT2D eigenvalue weighted by atomic mass is 32.2. The molecule has 0 fully saturated rings. The van der Waals surface area contributed by atoms with E-state index < -0.39 is 5.25 Å². The summed E-state index contributed by atoms with van der Waals surface area (Å²) < 4.78 is 12.9. The van der Waals surface area contributed by atoms with Gasteiger partial charge in [-0.05, 0) is 42.6 Å². The normalized spacial score (nSPS) is 12.3. The van der Waals surface area contributed by atoms with E-state index in [1.807, 2.05) is 11.4 Å². The number of amides is 1. The largest absolute Gasteiger partial charge is 0.383 e. The number of hydrogen-bond donors (Lipinski definition) is 2. The van der Waals surface area contributed by atoms with E-state index >= 15 is 0 Å². The second-order valence-electron chi connectivity index (χ2n) is 4.79. The van der Waals surface area contributed by atoms with Gasteiger partial charge >= 0.3 is 0 Å². The number of nitrogens with zero attached hydrogens (tertiary/aromatic N) is 2. The van der Waals surface area contributed by atoms with E-state index in [2.05, 4.69) is 15.3 Å². The van der Waals surface area contributed by atoms with Crippen molar-refractivity contribution in [2.24, 2.45) is 0 Å². The Labute approximate surface area is 140 Å². The molecule has 1 amide bonds. The molecular weight excluding hydrogens is 335 g/mol. The fraction of sp³-hybridized carbons (Fsp3) is 0.133. The smallest absolute Gasteiger partial charge is 0.237 e. The number of thiophene rings is 1. The van der Waals surface area contributed by atoms with Crippen molar-refractivity contribution in [1.82, 2.24) is 9.97 Å². The van der Waals surface area contributed by atoms with Crippen LogP contribution < -0.4 is 11.1 Å². The van der Waals surface area contributed by atoms with Crippen molar-refractivity contribution in [2.75, 3.05) is 11.1 Å².